The van der Waals surface area contributed by atoms with Crippen LogP contribution in [0.2, 0.25) is 0 Å². The second-order valence-electron chi connectivity index (χ2n) is 19.0. The maximum absolute atomic E-state index is 12.8. The van der Waals surface area contributed by atoms with Crippen LogP contribution in [0, 0.1) is 0 Å². The fourth-order valence-electron chi connectivity index (χ4n) is 9.14. The van der Waals surface area contributed by atoms with Crippen molar-refractivity contribution < 1.29 is 9.90 Å². The van der Waals surface area contributed by atoms with Crippen LogP contribution in [0.15, 0.2) is 0 Å². The van der Waals surface area contributed by atoms with Crippen molar-refractivity contribution in [1.82, 2.24) is 9.80 Å². The summed E-state index contributed by atoms with van der Waals surface area (Å²) in [5, 5.41) is 10.5. The fourth-order valence-corrected chi connectivity index (χ4v) is 9.14. The van der Waals surface area contributed by atoms with Crippen molar-refractivity contribution in [3.8, 4) is 0 Å². The van der Waals surface area contributed by atoms with E-state index in [9.17, 15) is 9.90 Å². The smallest absolute Gasteiger partial charge is 0.320 e. The Morgan fingerprint density at radius 3 is 0.759 bits per heavy atom. The van der Waals surface area contributed by atoms with E-state index in [0.29, 0.717) is 0 Å². The van der Waals surface area contributed by atoms with Crippen LogP contribution in [0.25, 0.3) is 0 Å². The number of aliphatic carboxylic acids is 1. The van der Waals surface area contributed by atoms with Gasteiger partial charge in [-0.15, -0.1) is 0 Å². The van der Waals surface area contributed by atoms with Crippen LogP contribution in [0.4, 0.5) is 0 Å². The predicted octanol–water partition coefficient (Wildman–Crippen LogP) is 17.9. The van der Waals surface area contributed by atoms with Gasteiger partial charge in [0.25, 0.3) is 0 Å². The summed E-state index contributed by atoms with van der Waals surface area (Å²) in [5.74, 6) is -0.577. The van der Waals surface area contributed by atoms with Crippen molar-refractivity contribution >= 4 is 5.97 Å². The standard InChI is InChI=1S/C54H110N2O2/c1-5-9-13-17-21-25-29-33-37-42-48-55(49-43-38-34-30-26-22-18-14-10-6-2)50-46-41-47-53(54(57)58)56(51-44-39-35-31-27-23-19-15-11-7-3)52-45-40-36-32-28-24-20-16-12-8-4/h53H,5-52H2,1-4H3,(H,57,58). The maximum Gasteiger partial charge on any atom is 0.320 e. The first-order valence-electron chi connectivity index (χ1n) is 27.3. The molecular formula is C54H110N2O2. The highest BCUT2D eigenvalue weighted by atomic mass is 16.4. The molecule has 0 aromatic rings. The van der Waals surface area contributed by atoms with Crippen LogP contribution in [-0.2, 0) is 4.79 Å². The molecule has 4 heteroatoms. The Hall–Kier alpha value is -0.610. The number of carbonyl (C=O) groups is 1. The van der Waals surface area contributed by atoms with E-state index in [4.69, 9.17) is 0 Å². The molecule has 0 heterocycles. The molecule has 0 aliphatic carbocycles. The summed E-state index contributed by atoms with van der Waals surface area (Å²) in [4.78, 5) is 18.0. The molecular weight excluding hydrogens is 709 g/mol. The third-order valence-electron chi connectivity index (χ3n) is 13.2. The lowest BCUT2D eigenvalue weighted by molar-refractivity contribution is -0.143. The van der Waals surface area contributed by atoms with Crippen LogP contribution >= 0.6 is 0 Å². The first kappa shape index (κ1) is 57.4. The van der Waals surface area contributed by atoms with E-state index < -0.39 is 5.97 Å². The molecule has 1 atom stereocenters. The molecule has 0 fully saturated rings. The molecule has 348 valence electrons. The summed E-state index contributed by atoms with van der Waals surface area (Å²) >= 11 is 0. The van der Waals surface area contributed by atoms with Gasteiger partial charge >= 0.3 is 5.97 Å². The number of unbranched alkanes of at least 4 members (excludes halogenated alkanes) is 37. The Bertz CT molecular complexity index is 726. The van der Waals surface area contributed by atoms with Crippen LogP contribution in [-0.4, -0.2) is 59.6 Å². The zero-order chi connectivity index (χ0) is 42.3. The Labute approximate surface area is 367 Å². The van der Waals surface area contributed by atoms with Gasteiger partial charge in [-0.1, -0.05) is 265 Å². The summed E-state index contributed by atoms with van der Waals surface area (Å²) in [6.45, 7) is 14.8. The molecule has 0 rings (SSSR count). The molecule has 1 unspecified atom stereocenters. The van der Waals surface area contributed by atoms with Gasteiger partial charge in [0, 0.05) is 0 Å². The summed E-state index contributed by atoms with van der Waals surface area (Å²) in [7, 11) is 0. The molecule has 0 aromatic carbocycles. The lowest BCUT2D eigenvalue weighted by Gasteiger charge is -2.29. The van der Waals surface area contributed by atoms with Crippen LogP contribution in [0.3, 0.4) is 0 Å². The van der Waals surface area contributed by atoms with Crippen LogP contribution < -0.4 is 0 Å². The number of hydrogen-bond acceptors (Lipinski definition) is 3. The summed E-state index contributed by atoms with van der Waals surface area (Å²) < 4.78 is 0. The normalized spacial score (nSPS) is 12.4. The summed E-state index contributed by atoms with van der Waals surface area (Å²) in [6.07, 6.45) is 57.6. The van der Waals surface area contributed by atoms with E-state index in [0.717, 1.165) is 51.7 Å². The molecule has 1 N–H and O–H groups in total. The van der Waals surface area contributed by atoms with E-state index in [1.54, 1.807) is 0 Å². The minimum Gasteiger partial charge on any atom is -0.480 e. The Kier molecular flexibility index (Phi) is 48.5. The highest BCUT2D eigenvalue weighted by Crippen LogP contribution is 2.18. The zero-order valence-corrected chi connectivity index (χ0v) is 40.8. The number of carboxylic acids is 1. The van der Waals surface area contributed by atoms with Crippen LogP contribution in [0.5, 0.6) is 0 Å². The number of carboxylic acid groups (broad SMARTS) is 1. The first-order valence-corrected chi connectivity index (χ1v) is 27.3. The van der Waals surface area contributed by atoms with Crippen molar-refractivity contribution in [3.05, 3.63) is 0 Å². The molecule has 0 aliphatic rings. The second-order valence-corrected chi connectivity index (χ2v) is 19.0. The molecule has 4 nitrogen and oxygen atoms in total. The van der Waals surface area contributed by atoms with Gasteiger partial charge in [0.15, 0.2) is 0 Å². The highest BCUT2D eigenvalue weighted by Gasteiger charge is 2.24. The molecule has 0 radical (unpaired) electrons. The number of rotatable bonds is 51. The largest absolute Gasteiger partial charge is 0.480 e. The van der Waals surface area contributed by atoms with E-state index in [2.05, 4.69) is 37.5 Å². The quantitative estimate of drug-likeness (QED) is 0.0621. The molecule has 0 saturated carbocycles. The van der Waals surface area contributed by atoms with Gasteiger partial charge in [-0.25, -0.2) is 0 Å². The van der Waals surface area contributed by atoms with Gasteiger partial charge in [-0.2, -0.15) is 0 Å². The minimum atomic E-state index is -0.577. The topological polar surface area (TPSA) is 43.8 Å². The number of hydrogen-bond donors (Lipinski definition) is 1. The molecule has 0 aliphatic heterocycles. The van der Waals surface area contributed by atoms with E-state index in [1.165, 1.54) is 257 Å². The van der Waals surface area contributed by atoms with Gasteiger partial charge in [-0.3, -0.25) is 9.69 Å². The van der Waals surface area contributed by atoms with Gasteiger partial charge in [0.2, 0.25) is 0 Å². The highest BCUT2D eigenvalue weighted by molar-refractivity contribution is 5.73. The van der Waals surface area contributed by atoms with E-state index >= 15 is 0 Å². The summed E-state index contributed by atoms with van der Waals surface area (Å²) in [5.41, 5.74) is 0. The summed E-state index contributed by atoms with van der Waals surface area (Å²) in [6, 6.07) is -0.311. The van der Waals surface area contributed by atoms with Gasteiger partial charge in [0.05, 0.1) is 0 Å². The van der Waals surface area contributed by atoms with Gasteiger partial charge in [0.1, 0.15) is 6.04 Å². The Balaban J connectivity index is 4.92. The molecule has 0 bridgehead atoms. The van der Waals surface area contributed by atoms with Crippen molar-refractivity contribution in [2.24, 2.45) is 0 Å². The third kappa shape index (κ3) is 42.1. The predicted molar refractivity (Wildman–Crippen MR) is 261 cm³/mol. The van der Waals surface area contributed by atoms with Crippen molar-refractivity contribution in [2.45, 2.75) is 310 Å². The minimum absolute atomic E-state index is 0.311. The third-order valence-corrected chi connectivity index (χ3v) is 13.2. The molecule has 0 amide bonds. The second kappa shape index (κ2) is 49.0. The average Bonchev–Trinajstić information content (AvgIpc) is 3.22. The Morgan fingerprint density at radius 1 is 0.310 bits per heavy atom. The average molecular weight is 819 g/mol. The molecule has 58 heavy (non-hydrogen) atoms. The van der Waals surface area contributed by atoms with E-state index in [-0.39, 0.29) is 6.04 Å². The number of nitrogens with zero attached hydrogens (tertiary/aromatic N) is 2. The molecule has 0 aromatic heterocycles. The lowest BCUT2D eigenvalue weighted by Crippen LogP contribution is -2.42. The van der Waals surface area contributed by atoms with Crippen molar-refractivity contribution in [2.75, 3.05) is 32.7 Å². The Morgan fingerprint density at radius 2 is 0.517 bits per heavy atom. The lowest BCUT2D eigenvalue weighted by atomic mass is 10.0. The fraction of sp³-hybridized carbons (Fsp3) is 0.981. The van der Waals surface area contributed by atoms with Gasteiger partial charge in [-0.05, 0) is 71.2 Å². The molecule has 0 spiro atoms. The zero-order valence-electron chi connectivity index (χ0n) is 40.8. The molecule has 0 saturated heterocycles. The SMILES string of the molecule is CCCCCCCCCCCCN(CCCCCCCCCCCC)CCCCC(C(=O)O)N(CCCCCCCCCCCC)CCCCCCCCCCCC. The van der Waals surface area contributed by atoms with Crippen LogP contribution in [0.1, 0.15) is 304 Å². The van der Waals surface area contributed by atoms with E-state index in [1.807, 2.05) is 0 Å². The van der Waals surface area contributed by atoms with Crippen molar-refractivity contribution in [1.29, 1.82) is 0 Å². The maximum atomic E-state index is 12.8. The first-order chi connectivity index (χ1) is 28.6. The van der Waals surface area contributed by atoms with Gasteiger partial charge < -0.3 is 10.0 Å². The van der Waals surface area contributed by atoms with Crippen molar-refractivity contribution in [3.63, 3.8) is 0 Å². The monoisotopic (exact) mass is 819 g/mol.